The fraction of sp³-hybridized carbons (Fsp3) is 0.250. The molecule has 0 bridgehead atoms. The maximum absolute atomic E-state index is 12.3. The van der Waals surface area contributed by atoms with E-state index in [-0.39, 0.29) is 12.6 Å². The lowest BCUT2D eigenvalue weighted by molar-refractivity contribution is 0.0320. The minimum Gasteiger partial charge on any atom is -0.460 e. The highest BCUT2D eigenvalue weighted by Crippen LogP contribution is 2.25. The van der Waals surface area contributed by atoms with Crippen LogP contribution in [0.25, 0.3) is 21.5 Å². The van der Waals surface area contributed by atoms with Gasteiger partial charge in [-0.05, 0) is 46.2 Å². The van der Waals surface area contributed by atoms with Crippen molar-refractivity contribution in [3.8, 4) is 0 Å². The van der Waals surface area contributed by atoms with Crippen LogP contribution >= 0.6 is 0 Å². The molecule has 0 fully saturated rings. The Morgan fingerprint density at radius 2 is 1.61 bits per heavy atom. The first-order chi connectivity index (χ1) is 11.3. The van der Waals surface area contributed by atoms with E-state index in [1.54, 1.807) is 0 Å². The van der Waals surface area contributed by atoms with Crippen LogP contribution in [0.15, 0.2) is 54.6 Å². The number of carbonyl (C=O) groups is 1. The molecular weight excluding hydrogens is 288 g/mol. The van der Waals surface area contributed by atoms with E-state index in [4.69, 9.17) is 9.47 Å². The van der Waals surface area contributed by atoms with Gasteiger partial charge in [-0.25, -0.2) is 4.79 Å². The third kappa shape index (κ3) is 3.51. The average molecular weight is 308 g/mol. The Labute approximate surface area is 135 Å². The number of rotatable bonds is 6. The van der Waals surface area contributed by atoms with Crippen molar-refractivity contribution in [1.29, 1.82) is 0 Å². The summed E-state index contributed by atoms with van der Waals surface area (Å²) < 4.78 is 10.7. The molecule has 0 amide bonds. The van der Waals surface area contributed by atoms with Gasteiger partial charge in [0.25, 0.3) is 0 Å². The largest absolute Gasteiger partial charge is 0.460 e. The van der Waals surface area contributed by atoms with Crippen LogP contribution in [0.3, 0.4) is 0 Å². The number of ether oxygens (including phenoxy) is 2. The molecule has 0 heterocycles. The summed E-state index contributed by atoms with van der Waals surface area (Å²) in [4.78, 5) is 12.3. The zero-order chi connectivity index (χ0) is 16.1. The molecule has 0 saturated carbocycles. The van der Waals surface area contributed by atoms with Crippen molar-refractivity contribution in [1.82, 2.24) is 0 Å². The van der Waals surface area contributed by atoms with Crippen LogP contribution in [-0.4, -0.2) is 25.8 Å². The van der Waals surface area contributed by atoms with Crippen molar-refractivity contribution in [2.75, 3.05) is 19.8 Å². The van der Waals surface area contributed by atoms with E-state index >= 15 is 0 Å². The molecule has 0 radical (unpaired) electrons. The van der Waals surface area contributed by atoms with Crippen molar-refractivity contribution < 1.29 is 14.3 Å². The SMILES string of the molecule is CCCOCCOC(=O)c1cccc2cc3ccccc3cc12. The molecule has 3 aromatic rings. The van der Waals surface area contributed by atoms with Crippen LogP contribution in [0.5, 0.6) is 0 Å². The summed E-state index contributed by atoms with van der Waals surface area (Å²) in [5.74, 6) is -0.300. The highest BCUT2D eigenvalue weighted by atomic mass is 16.6. The lowest BCUT2D eigenvalue weighted by Crippen LogP contribution is -2.11. The summed E-state index contributed by atoms with van der Waals surface area (Å²) in [5.41, 5.74) is 0.601. The van der Waals surface area contributed by atoms with E-state index in [1.807, 2.05) is 37.3 Å². The second-order valence-electron chi connectivity index (χ2n) is 5.47. The molecule has 118 valence electrons. The Kier molecular flexibility index (Phi) is 4.89. The van der Waals surface area contributed by atoms with Crippen molar-refractivity contribution in [2.24, 2.45) is 0 Å². The van der Waals surface area contributed by atoms with Gasteiger partial charge in [0.05, 0.1) is 12.2 Å². The van der Waals surface area contributed by atoms with Crippen molar-refractivity contribution in [2.45, 2.75) is 13.3 Å². The van der Waals surface area contributed by atoms with Crippen LogP contribution in [0.4, 0.5) is 0 Å². The predicted molar refractivity (Wildman–Crippen MR) is 92.8 cm³/mol. The minimum atomic E-state index is -0.300. The Morgan fingerprint density at radius 3 is 2.39 bits per heavy atom. The molecule has 0 aliphatic rings. The van der Waals surface area contributed by atoms with Crippen molar-refractivity contribution in [3.63, 3.8) is 0 Å². The number of hydrogen-bond donors (Lipinski definition) is 0. The standard InChI is InChI=1S/C20H20O3/c1-2-10-22-11-12-23-20(21)18-9-5-8-17-13-15-6-3-4-7-16(15)14-19(17)18/h3-9,13-14H,2,10-12H2,1H3. The molecular formula is C20H20O3. The van der Waals surface area contributed by atoms with Gasteiger partial charge in [0.2, 0.25) is 0 Å². The van der Waals surface area contributed by atoms with Crippen LogP contribution in [0.1, 0.15) is 23.7 Å². The van der Waals surface area contributed by atoms with E-state index < -0.39 is 0 Å². The molecule has 0 atom stereocenters. The molecule has 0 aliphatic heterocycles. The summed E-state index contributed by atoms with van der Waals surface area (Å²) in [6.45, 7) is 3.46. The maximum Gasteiger partial charge on any atom is 0.338 e. The van der Waals surface area contributed by atoms with Gasteiger partial charge in [-0.1, -0.05) is 43.3 Å². The number of fused-ring (bicyclic) bond motifs is 2. The average Bonchev–Trinajstić information content (AvgIpc) is 2.59. The highest BCUT2D eigenvalue weighted by Gasteiger charge is 2.12. The number of hydrogen-bond acceptors (Lipinski definition) is 3. The van der Waals surface area contributed by atoms with E-state index in [0.29, 0.717) is 18.8 Å². The van der Waals surface area contributed by atoms with Gasteiger partial charge >= 0.3 is 5.97 Å². The molecule has 3 heteroatoms. The van der Waals surface area contributed by atoms with Gasteiger partial charge < -0.3 is 9.47 Å². The zero-order valence-corrected chi connectivity index (χ0v) is 13.2. The first kappa shape index (κ1) is 15.5. The van der Waals surface area contributed by atoms with E-state index in [0.717, 1.165) is 22.6 Å². The van der Waals surface area contributed by atoms with Gasteiger partial charge in [0, 0.05) is 6.61 Å². The van der Waals surface area contributed by atoms with Crippen LogP contribution < -0.4 is 0 Å². The van der Waals surface area contributed by atoms with Crippen LogP contribution in [0.2, 0.25) is 0 Å². The lowest BCUT2D eigenvalue weighted by atomic mass is 10.00. The Balaban J connectivity index is 1.85. The normalized spacial score (nSPS) is 11.0. The zero-order valence-electron chi connectivity index (χ0n) is 13.2. The second kappa shape index (κ2) is 7.25. The Morgan fingerprint density at radius 1 is 0.870 bits per heavy atom. The lowest BCUT2D eigenvalue weighted by Gasteiger charge is -2.09. The van der Waals surface area contributed by atoms with Crippen molar-refractivity contribution >= 4 is 27.5 Å². The molecule has 0 saturated heterocycles. The first-order valence-corrected chi connectivity index (χ1v) is 7.96. The molecule has 0 aliphatic carbocycles. The molecule has 3 aromatic carbocycles. The van der Waals surface area contributed by atoms with Gasteiger partial charge in [0.15, 0.2) is 0 Å². The summed E-state index contributed by atoms with van der Waals surface area (Å²) in [7, 11) is 0. The third-order valence-electron chi connectivity index (χ3n) is 3.78. The van der Waals surface area contributed by atoms with Crippen LogP contribution in [-0.2, 0) is 9.47 Å². The fourth-order valence-electron chi connectivity index (χ4n) is 2.66. The molecule has 0 unspecified atom stereocenters. The number of benzene rings is 3. The highest BCUT2D eigenvalue weighted by molar-refractivity contribution is 6.08. The van der Waals surface area contributed by atoms with Gasteiger partial charge in [-0.3, -0.25) is 0 Å². The molecule has 3 nitrogen and oxygen atoms in total. The van der Waals surface area contributed by atoms with E-state index in [9.17, 15) is 4.79 Å². The van der Waals surface area contributed by atoms with Crippen molar-refractivity contribution in [3.05, 3.63) is 60.2 Å². The second-order valence-corrected chi connectivity index (χ2v) is 5.47. The smallest absolute Gasteiger partial charge is 0.338 e. The van der Waals surface area contributed by atoms with Gasteiger partial charge in [-0.15, -0.1) is 0 Å². The first-order valence-electron chi connectivity index (χ1n) is 7.96. The maximum atomic E-state index is 12.3. The summed E-state index contributed by atoms with van der Waals surface area (Å²) in [6.07, 6.45) is 0.963. The van der Waals surface area contributed by atoms with Gasteiger partial charge in [-0.2, -0.15) is 0 Å². The fourth-order valence-corrected chi connectivity index (χ4v) is 2.66. The molecule has 3 rings (SSSR count). The quantitative estimate of drug-likeness (QED) is 0.380. The summed E-state index contributed by atoms with van der Waals surface area (Å²) in [6, 6.07) is 18.0. The number of carbonyl (C=O) groups excluding carboxylic acids is 1. The molecule has 0 spiro atoms. The molecule has 23 heavy (non-hydrogen) atoms. The summed E-state index contributed by atoms with van der Waals surface area (Å²) in [5, 5.41) is 4.25. The van der Waals surface area contributed by atoms with Crippen LogP contribution in [0, 0.1) is 0 Å². The monoisotopic (exact) mass is 308 g/mol. The minimum absolute atomic E-state index is 0.281. The molecule has 0 N–H and O–H groups in total. The topological polar surface area (TPSA) is 35.5 Å². The summed E-state index contributed by atoms with van der Waals surface area (Å²) >= 11 is 0. The number of esters is 1. The predicted octanol–water partition coefficient (Wildman–Crippen LogP) is 4.58. The van der Waals surface area contributed by atoms with Gasteiger partial charge in [0.1, 0.15) is 6.61 Å². The van der Waals surface area contributed by atoms with E-state index in [2.05, 4.69) is 24.3 Å². The molecule has 0 aromatic heterocycles. The Bertz CT molecular complexity index is 823. The third-order valence-corrected chi connectivity index (χ3v) is 3.78. The van der Waals surface area contributed by atoms with E-state index in [1.165, 1.54) is 5.39 Å². The Hall–Kier alpha value is -2.39.